The summed E-state index contributed by atoms with van der Waals surface area (Å²) in [5.41, 5.74) is 7.43. The molecular weight excluding hydrogens is 258 g/mol. The van der Waals surface area contributed by atoms with Crippen LogP contribution >= 0.6 is 12.2 Å². The number of pyridine rings is 1. The van der Waals surface area contributed by atoms with Gasteiger partial charge in [-0.2, -0.15) is 0 Å². The lowest BCUT2D eigenvalue weighted by Gasteiger charge is -2.28. The number of rotatable bonds is 4. The molecular formula is C14H21N3OS. The van der Waals surface area contributed by atoms with E-state index < -0.39 is 0 Å². The van der Waals surface area contributed by atoms with E-state index in [2.05, 4.69) is 9.88 Å². The zero-order valence-corrected chi connectivity index (χ0v) is 11.9. The number of hydrogen-bond donors (Lipinski definition) is 2. The maximum absolute atomic E-state index is 9.51. The van der Waals surface area contributed by atoms with Gasteiger partial charge in [0.25, 0.3) is 0 Å². The number of hydrogen-bond acceptors (Lipinski definition) is 4. The third kappa shape index (κ3) is 3.96. The molecule has 0 bridgehead atoms. The van der Waals surface area contributed by atoms with Crippen molar-refractivity contribution in [3.8, 4) is 0 Å². The fraction of sp³-hybridized carbons (Fsp3) is 0.571. The molecule has 19 heavy (non-hydrogen) atoms. The Bertz CT molecular complexity index is 438. The van der Waals surface area contributed by atoms with E-state index in [0.29, 0.717) is 10.7 Å². The lowest BCUT2D eigenvalue weighted by Crippen LogP contribution is -2.37. The van der Waals surface area contributed by atoms with Crippen molar-refractivity contribution < 1.29 is 5.11 Å². The molecule has 0 radical (unpaired) electrons. The molecule has 0 saturated carbocycles. The van der Waals surface area contributed by atoms with Crippen molar-refractivity contribution in [2.75, 3.05) is 13.2 Å². The number of thiocarbonyl (C=S) groups is 1. The summed E-state index contributed by atoms with van der Waals surface area (Å²) in [6.45, 7) is 2.09. The first-order valence-corrected chi connectivity index (χ1v) is 7.21. The van der Waals surface area contributed by atoms with Gasteiger partial charge in [-0.05, 0) is 37.1 Å². The summed E-state index contributed by atoms with van der Waals surface area (Å²) in [7, 11) is 0. The van der Waals surface area contributed by atoms with Crippen molar-refractivity contribution >= 4 is 17.2 Å². The van der Waals surface area contributed by atoms with Crippen LogP contribution in [0.1, 0.15) is 36.9 Å². The molecule has 1 fully saturated rings. The van der Waals surface area contributed by atoms with Crippen LogP contribution in [0.25, 0.3) is 0 Å². The third-order valence-electron chi connectivity index (χ3n) is 3.67. The Hall–Kier alpha value is -1.04. The van der Waals surface area contributed by atoms with Gasteiger partial charge in [0.1, 0.15) is 4.99 Å². The first kappa shape index (κ1) is 14.4. The van der Waals surface area contributed by atoms with Gasteiger partial charge in [-0.25, -0.2) is 0 Å². The van der Waals surface area contributed by atoms with Crippen LogP contribution in [0.15, 0.2) is 18.3 Å². The van der Waals surface area contributed by atoms with Crippen LogP contribution in [-0.4, -0.2) is 39.2 Å². The van der Waals surface area contributed by atoms with E-state index in [-0.39, 0.29) is 12.6 Å². The summed E-state index contributed by atoms with van der Waals surface area (Å²) < 4.78 is 0. The van der Waals surface area contributed by atoms with Crippen LogP contribution in [-0.2, 0) is 6.54 Å². The number of likely N-dealkylation sites (tertiary alicyclic amines) is 1. The minimum Gasteiger partial charge on any atom is -0.395 e. The summed E-state index contributed by atoms with van der Waals surface area (Å²) in [6, 6.07) is 4.20. The quantitative estimate of drug-likeness (QED) is 0.817. The normalized spacial score (nSPS) is 21.0. The topological polar surface area (TPSA) is 62.4 Å². The van der Waals surface area contributed by atoms with Crippen LogP contribution in [0, 0.1) is 0 Å². The average Bonchev–Trinajstić information content (AvgIpc) is 2.64. The second kappa shape index (κ2) is 6.93. The smallest absolute Gasteiger partial charge is 0.122 e. The van der Waals surface area contributed by atoms with Crippen molar-refractivity contribution in [1.29, 1.82) is 0 Å². The van der Waals surface area contributed by atoms with Gasteiger partial charge in [0.05, 0.1) is 12.3 Å². The van der Waals surface area contributed by atoms with E-state index in [1.54, 1.807) is 6.20 Å². The highest BCUT2D eigenvalue weighted by atomic mass is 32.1. The van der Waals surface area contributed by atoms with Crippen molar-refractivity contribution in [3.63, 3.8) is 0 Å². The van der Waals surface area contributed by atoms with Crippen molar-refractivity contribution in [3.05, 3.63) is 29.6 Å². The predicted octanol–water partition coefficient (Wildman–Crippen LogP) is 1.45. The Kier molecular flexibility index (Phi) is 5.24. The summed E-state index contributed by atoms with van der Waals surface area (Å²) in [5, 5.41) is 9.51. The first-order valence-electron chi connectivity index (χ1n) is 6.80. The Morgan fingerprint density at radius 2 is 2.32 bits per heavy atom. The molecule has 0 aliphatic carbocycles. The summed E-state index contributed by atoms with van der Waals surface area (Å²) >= 11 is 4.96. The zero-order valence-electron chi connectivity index (χ0n) is 11.1. The standard InChI is InChI=1S/C14H21N3OS/c15-14(19)13-8-11(5-6-16-13)9-17-7-3-1-2-4-12(17)10-18/h5-6,8,12,18H,1-4,7,9-10H2,(H2,15,19). The molecule has 2 heterocycles. The highest BCUT2D eigenvalue weighted by Gasteiger charge is 2.20. The molecule has 3 N–H and O–H groups in total. The van der Waals surface area contributed by atoms with Crippen LogP contribution < -0.4 is 5.73 Å². The minimum atomic E-state index is 0.229. The molecule has 1 aliphatic rings. The molecule has 1 saturated heterocycles. The van der Waals surface area contributed by atoms with Crippen LogP contribution in [0.2, 0.25) is 0 Å². The lowest BCUT2D eigenvalue weighted by molar-refractivity contribution is 0.118. The maximum Gasteiger partial charge on any atom is 0.122 e. The van der Waals surface area contributed by atoms with Gasteiger partial charge in [0.15, 0.2) is 0 Å². The van der Waals surface area contributed by atoms with Crippen LogP contribution in [0.3, 0.4) is 0 Å². The summed E-state index contributed by atoms with van der Waals surface area (Å²) in [6.07, 6.45) is 6.47. The Morgan fingerprint density at radius 3 is 3.05 bits per heavy atom. The van der Waals surface area contributed by atoms with Crippen LogP contribution in [0.5, 0.6) is 0 Å². The third-order valence-corrected chi connectivity index (χ3v) is 3.88. The SMILES string of the molecule is NC(=S)c1cc(CN2CCCCCC2CO)ccn1. The second-order valence-electron chi connectivity index (χ2n) is 5.07. The van der Waals surface area contributed by atoms with Gasteiger partial charge >= 0.3 is 0 Å². The van der Waals surface area contributed by atoms with Gasteiger partial charge in [0.2, 0.25) is 0 Å². The van der Waals surface area contributed by atoms with E-state index in [9.17, 15) is 5.11 Å². The van der Waals surface area contributed by atoms with Crippen molar-refractivity contribution in [2.24, 2.45) is 5.73 Å². The number of nitrogens with zero attached hydrogens (tertiary/aromatic N) is 2. The van der Waals surface area contributed by atoms with Crippen molar-refractivity contribution in [1.82, 2.24) is 9.88 Å². The average molecular weight is 279 g/mol. The summed E-state index contributed by atoms with van der Waals surface area (Å²) in [5.74, 6) is 0. The Labute approximate surface area is 119 Å². The molecule has 1 atom stereocenters. The number of aliphatic hydroxyl groups excluding tert-OH is 1. The van der Waals surface area contributed by atoms with E-state index in [0.717, 1.165) is 25.1 Å². The van der Waals surface area contributed by atoms with E-state index in [1.165, 1.54) is 19.3 Å². The van der Waals surface area contributed by atoms with Crippen LogP contribution in [0.4, 0.5) is 0 Å². The second-order valence-corrected chi connectivity index (χ2v) is 5.51. The molecule has 2 rings (SSSR count). The number of aromatic nitrogens is 1. The number of nitrogens with two attached hydrogens (primary N) is 1. The Balaban J connectivity index is 2.09. The summed E-state index contributed by atoms with van der Waals surface area (Å²) in [4.78, 5) is 6.84. The van der Waals surface area contributed by atoms with Crippen molar-refractivity contribution in [2.45, 2.75) is 38.3 Å². The zero-order chi connectivity index (χ0) is 13.7. The molecule has 5 heteroatoms. The van der Waals surface area contributed by atoms with Gasteiger partial charge in [-0.3, -0.25) is 9.88 Å². The van der Waals surface area contributed by atoms with E-state index in [1.807, 2.05) is 12.1 Å². The largest absolute Gasteiger partial charge is 0.395 e. The molecule has 1 aromatic heterocycles. The molecule has 1 unspecified atom stereocenters. The fourth-order valence-corrected chi connectivity index (χ4v) is 2.71. The monoisotopic (exact) mass is 279 g/mol. The molecule has 0 spiro atoms. The number of aliphatic hydroxyl groups is 1. The lowest BCUT2D eigenvalue weighted by atomic mass is 10.1. The van der Waals surface area contributed by atoms with Gasteiger partial charge in [0, 0.05) is 18.8 Å². The van der Waals surface area contributed by atoms with Gasteiger partial charge in [-0.15, -0.1) is 0 Å². The Morgan fingerprint density at radius 1 is 1.47 bits per heavy atom. The first-order chi connectivity index (χ1) is 9.20. The highest BCUT2D eigenvalue weighted by Crippen LogP contribution is 2.19. The highest BCUT2D eigenvalue weighted by molar-refractivity contribution is 7.80. The molecule has 1 aliphatic heterocycles. The van der Waals surface area contributed by atoms with Gasteiger partial charge < -0.3 is 10.8 Å². The predicted molar refractivity (Wildman–Crippen MR) is 79.9 cm³/mol. The minimum absolute atomic E-state index is 0.229. The molecule has 4 nitrogen and oxygen atoms in total. The van der Waals surface area contributed by atoms with Gasteiger partial charge in [-0.1, -0.05) is 25.1 Å². The molecule has 104 valence electrons. The molecule has 0 amide bonds. The van der Waals surface area contributed by atoms with E-state index >= 15 is 0 Å². The fourth-order valence-electron chi connectivity index (χ4n) is 2.59. The van der Waals surface area contributed by atoms with E-state index in [4.69, 9.17) is 18.0 Å². The molecule has 1 aromatic rings. The molecule has 0 aromatic carbocycles. The maximum atomic E-state index is 9.51.